The van der Waals surface area contributed by atoms with Crippen LogP contribution in [0, 0.1) is 6.92 Å². The molecule has 6 heteroatoms. The van der Waals surface area contributed by atoms with Gasteiger partial charge < -0.3 is 10.2 Å². The molecule has 0 saturated carbocycles. The van der Waals surface area contributed by atoms with Crippen molar-refractivity contribution < 1.29 is 9.21 Å². The number of likely N-dealkylation sites (tertiary alicyclic amines) is 1. The van der Waals surface area contributed by atoms with E-state index in [9.17, 15) is 4.79 Å². The van der Waals surface area contributed by atoms with Gasteiger partial charge in [-0.3, -0.25) is 14.6 Å². The molecule has 2 atom stereocenters. The highest BCUT2D eigenvalue weighted by molar-refractivity contribution is 5.81. The van der Waals surface area contributed by atoms with E-state index in [1.165, 1.54) is 0 Å². The zero-order valence-corrected chi connectivity index (χ0v) is 14.2. The third-order valence-electron chi connectivity index (χ3n) is 4.62. The minimum atomic E-state index is -0.367. The summed E-state index contributed by atoms with van der Waals surface area (Å²) in [5.41, 5.74) is 6.63. The van der Waals surface area contributed by atoms with Gasteiger partial charge in [0, 0.05) is 19.1 Å². The molecule has 1 aliphatic rings. The van der Waals surface area contributed by atoms with E-state index in [-0.39, 0.29) is 11.9 Å². The molecule has 0 unspecified atom stereocenters. The zero-order chi connectivity index (χ0) is 17.1. The standard InChI is InChI=1S/C18H24N4O2/c1-13-10-20-16(24-13)12-21(2)15-8-9-22(11-15)17(18(19)23)14-6-4-3-5-7-14/h3-7,10,15,17H,8-9,11-12H2,1-2H3,(H2,19,23)/t15-,17-/m1/s1. The SMILES string of the molecule is Cc1cnc(CN(C)[C@@H]2CCN([C@@H](C(N)=O)c3ccccc3)C2)o1. The van der Waals surface area contributed by atoms with Crippen LogP contribution in [-0.4, -0.2) is 46.9 Å². The molecule has 6 nitrogen and oxygen atoms in total. The quantitative estimate of drug-likeness (QED) is 0.874. The van der Waals surface area contributed by atoms with Crippen LogP contribution < -0.4 is 5.73 Å². The second kappa shape index (κ2) is 7.15. The number of nitrogens with two attached hydrogens (primary N) is 1. The van der Waals surface area contributed by atoms with Crippen molar-refractivity contribution in [3.05, 3.63) is 53.7 Å². The number of likely N-dealkylation sites (N-methyl/N-ethyl adjacent to an activating group) is 1. The molecule has 1 saturated heterocycles. The number of benzene rings is 1. The number of amides is 1. The highest BCUT2D eigenvalue weighted by Crippen LogP contribution is 2.27. The number of nitrogens with zero attached hydrogens (tertiary/aromatic N) is 3. The van der Waals surface area contributed by atoms with Crippen LogP contribution in [0.3, 0.4) is 0 Å². The van der Waals surface area contributed by atoms with Crippen molar-refractivity contribution in [2.24, 2.45) is 5.73 Å². The van der Waals surface area contributed by atoms with Gasteiger partial charge in [-0.1, -0.05) is 30.3 Å². The topological polar surface area (TPSA) is 75.6 Å². The average molecular weight is 328 g/mol. The highest BCUT2D eigenvalue weighted by Gasteiger charge is 2.34. The Labute approximate surface area is 142 Å². The summed E-state index contributed by atoms with van der Waals surface area (Å²) in [5.74, 6) is 1.25. The average Bonchev–Trinajstić information content (AvgIpc) is 3.18. The normalized spacial score (nSPS) is 19.7. The van der Waals surface area contributed by atoms with Gasteiger partial charge in [-0.15, -0.1) is 0 Å². The molecule has 0 bridgehead atoms. The Hall–Kier alpha value is -2.18. The maximum Gasteiger partial charge on any atom is 0.239 e. The summed E-state index contributed by atoms with van der Waals surface area (Å²) < 4.78 is 5.56. The molecule has 0 aliphatic carbocycles. The smallest absolute Gasteiger partial charge is 0.239 e. The maximum atomic E-state index is 12.0. The van der Waals surface area contributed by atoms with Crippen molar-refractivity contribution in [2.45, 2.75) is 32.0 Å². The van der Waals surface area contributed by atoms with E-state index in [0.29, 0.717) is 12.6 Å². The van der Waals surface area contributed by atoms with E-state index in [4.69, 9.17) is 10.2 Å². The van der Waals surface area contributed by atoms with Gasteiger partial charge in [0.1, 0.15) is 11.8 Å². The van der Waals surface area contributed by atoms with Gasteiger partial charge in [0.15, 0.2) is 0 Å². The van der Waals surface area contributed by atoms with Gasteiger partial charge in [-0.25, -0.2) is 4.98 Å². The fourth-order valence-electron chi connectivity index (χ4n) is 3.37. The number of rotatable bonds is 6. The number of carbonyl (C=O) groups excluding carboxylic acids is 1. The first kappa shape index (κ1) is 16.7. The Balaban J connectivity index is 1.66. The second-order valence-electron chi connectivity index (χ2n) is 6.43. The van der Waals surface area contributed by atoms with E-state index in [2.05, 4.69) is 21.8 Å². The Morgan fingerprint density at radius 3 is 2.83 bits per heavy atom. The van der Waals surface area contributed by atoms with Crippen molar-refractivity contribution in [1.29, 1.82) is 0 Å². The molecular formula is C18H24N4O2. The van der Waals surface area contributed by atoms with Gasteiger partial charge in [0.2, 0.25) is 11.8 Å². The molecular weight excluding hydrogens is 304 g/mol. The number of oxazole rings is 1. The number of carbonyl (C=O) groups is 1. The van der Waals surface area contributed by atoms with Crippen LogP contribution in [0.1, 0.15) is 29.7 Å². The number of hydrogen-bond donors (Lipinski definition) is 1. The minimum Gasteiger partial charge on any atom is -0.445 e. The highest BCUT2D eigenvalue weighted by atomic mass is 16.4. The van der Waals surface area contributed by atoms with Crippen LogP contribution in [0.2, 0.25) is 0 Å². The van der Waals surface area contributed by atoms with Gasteiger partial charge in [0.25, 0.3) is 0 Å². The number of aromatic nitrogens is 1. The molecule has 0 radical (unpaired) electrons. The lowest BCUT2D eigenvalue weighted by Gasteiger charge is -2.27. The zero-order valence-electron chi connectivity index (χ0n) is 14.2. The molecule has 1 aromatic heterocycles. The molecule has 1 amide bonds. The van der Waals surface area contributed by atoms with Gasteiger partial charge in [-0.2, -0.15) is 0 Å². The second-order valence-corrected chi connectivity index (χ2v) is 6.43. The molecule has 0 spiro atoms. The molecule has 2 N–H and O–H groups in total. The summed E-state index contributed by atoms with van der Waals surface area (Å²) in [6.45, 7) is 4.21. The lowest BCUT2D eigenvalue weighted by atomic mass is 10.1. The Morgan fingerprint density at radius 1 is 1.46 bits per heavy atom. The predicted molar refractivity (Wildman–Crippen MR) is 91.1 cm³/mol. The summed E-state index contributed by atoms with van der Waals surface area (Å²) in [6.07, 6.45) is 2.73. The van der Waals surface area contributed by atoms with Crippen molar-refractivity contribution in [3.8, 4) is 0 Å². The molecule has 1 aromatic carbocycles. The first-order chi connectivity index (χ1) is 11.5. The Kier molecular flexibility index (Phi) is 4.97. The fraction of sp³-hybridized carbons (Fsp3) is 0.444. The van der Waals surface area contributed by atoms with Crippen LogP contribution in [0.5, 0.6) is 0 Å². The third-order valence-corrected chi connectivity index (χ3v) is 4.62. The molecule has 1 fully saturated rings. The van der Waals surface area contributed by atoms with Crippen LogP contribution in [-0.2, 0) is 11.3 Å². The van der Waals surface area contributed by atoms with Crippen molar-refractivity contribution >= 4 is 5.91 Å². The third kappa shape index (κ3) is 3.66. The van der Waals surface area contributed by atoms with Gasteiger partial charge >= 0.3 is 0 Å². The molecule has 1 aliphatic heterocycles. The maximum absolute atomic E-state index is 12.0. The number of hydrogen-bond acceptors (Lipinski definition) is 5. The van der Waals surface area contributed by atoms with Gasteiger partial charge in [-0.05, 0) is 26.0 Å². The molecule has 3 rings (SSSR count). The Morgan fingerprint density at radius 2 is 2.21 bits per heavy atom. The van der Waals surface area contributed by atoms with E-state index < -0.39 is 0 Å². The van der Waals surface area contributed by atoms with Crippen molar-refractivity contribution in [1.82, 2.24) is 14.8 Å². The molecule has 128 valence electrons. The fourth-order valence-corrected chi connectivity index (χ4v) is 3.37. The largest absolute Gasteiger partial charge is 0.445 e. The summed E-state index contributed by atoms with van der Waals surface area (Å²) in [5, 5.41) is 0. The summed E-state index contributed by atoms with van der Waals surface area (Å²) in [6, 6.07) is 9.73. The van der Waals surface area contributed by atoms with E-state index in [1.807, 2.05) is 37.3 Å². The monoisotopic (exact) mass is 328 g/mol. The van der Waals surface area contributed by atoms with Gasteiger partial charge in [0.05, 0.1) is 12.7 Å². The van der Waals surface area contributed by atoms with E-state index >= 15 is 0 Å². The molecule has 2 heterocycles. The van der Waals surface area contributed by atoms with E-state index in [1.54, 1.807) is 6.20 Å². The number of aryl methyl sites for hydroxylation is 1. The summed E-state index contributed by atoms with van der Waals surface area (Å²) in [7, 11) is 2.06. The number of primary amides is 1. The lowest BCUT2D eigenvalue weighted by molar-refractivity contribution is -0.123. The van der Waals surface area contributed by atoms with Crippen LogP contribution in [0.4, 0.5) is 0 Å². The van der Waals surface area contributed by atoms with Crippen molar-refractivity contribution in [2.75, 3.05) is 20.1 Å². The molecule has 24 heavy (non-hydrogen) atoms. The minimum absolute atomic E-state index is 0.298. The van der Waals surface area contributed by atoms with Crippen LogP contribution >= 0.6 is 0 Å². The first-order valence-electron chi connectivity index (χ1n) is 8.24. The predicted octanol–water partition coefficient (Wildman–Crippen LogP) is 1.72. The van der Waals surface area contributed by atoms with Crippen LogP contribution in [0.15, 0.2) is 40.9 Å². The molecule has 2 aromatic rings. The Bertz CT molecular complexity index is 685. The summed E-state index contributed by atoms with van der Waals surface area (Å²) >= 11 is 0. The van der Waals surface area contributed by atoms with Crippen molar-refractivity contribution in [3.63, 3.8) is 0 Å². The van der Waals surface area contributed by atoms with Crippen LogP contribution in [0.25, 0.3) is 0 Å². The lowest BCUT2D eigenvalue weighted by Crippen LogP contribution is -2.39. The summed E-state index contributed by atoms with van der Waals surface area (Å²) in [4.78, 5) is 20.7. The first-order valence-corrected chi connectivity index (χ1v) is 8.24. The van der Waals surface area contributed by atoms with E-state index in [0.717, 1.165) is 36.7 Å².